The Kier molecular flexibility index (Phi) is 5.12. The highest BCUT2D eigenvalue weighted by molar-refractivity contribution is 7.91. The lowest BCUT2D eigenvalue weighted by Gasteiger charge is -2.22. The molecule has 2 aromatic rings. The second-order valence-electron chi connectivity index (χ2n) is 6.38. The second-order valence-corrected chi connectivity index (χ2v) is 8.68. The molecule has 134 valence electrons. The standard InChI is InChI=1S/C16H21N5O3S/c1-12-18-19-20-21(12)15-4-2-13(3-5-15)10-16(22)17-11-14-6-8-25(23,24)9-7-14/h2-5,14H,6-11H2,1H3,(H,17,22). The van der Waals surface area contributed by atoms with Gasteiger partial charge >= 0.3 is 0 Å². The van der Waals surface area contributed by atoms with Gasteiger partial charge in [-0.1, -0.05) is 12.1 Å². The van der Waals surface area contributed by atoms with Gasteiger partial charge in [-0.2, -0.15) is 4.68 Å². The Morgan fingerprint density at radius 2 is 1.92 bits per heavy atom. The zero-order valence-electron chi connectivity index (χ0n) is 14.1. The number of carbonyl (C=O) groups is 1. The zero-order chi connectivity index (χ0) is 17.9. The number of nitrogens with one attached hydrogen (secondary N) is 1. The molecule has 0 bridgehead atoms. The first-order chi connectivity index (χ1) is 11.9. The molecule has 1 amide bonds. The summed E-state index contributed by atoms with van der Waals surface area (Å²) in [6.45, 7) is 2.36. The molecule has 1 aliphatic rings. The van der Waals surface area contributed by atoms with Crippen LogP contribution in [-0.4, -0.2) is 52.6 Å². The number of hydrogen-bond donors (Lipinski definition) is 1. The number of benzene rings is 1. The Balaban J connectivity index is 1.49. The minimum absolute atomic E-state index is 0.0558. The fraction of sp³-hybridized carbons (Fsp3) is 0.500. The van der Waals surface area contributed by atoms with Crippen LogP contribution in [0, 0.1) is 12.8 Å². The molecular formula is C16H21N5O3S. The summed E-state index contributed by atoms with van der Waals surface area (Å²) in [5, 5.41) is 14.3. The average molecular weight is 363 g/mol. The van der Waals surface area contributed by atoms with Crippen LogP contribution < -0.4 is 5.32 Å². The molecule has 0 radical (unpaired) electrons. The van der Waals surface area contributed by atoms with Gasteiger partial charge in [0.05, 0.1) is 23.6 Å². The Hall–Kier alpha value is -2.29. The maximum Gasteiger partial charge on any atom is 0.224 e. The molecule has 8 nitrogen and oxygen atoms in total. The SMILES string of the molecule is Cc1nnnn1-c1ccc(CC(=O)NCC2CCS(=O)(=O)CC2)cc1. The fourth-order valence-electron chi connectivity index (χ4n) is 2.87. The van der Waals surface area contributed by atoms with E-state index in [4.69, 9.17) is 0 Å². The van der Waals surface area contributed by atoms with E-state index in [0.717, 1.165) is 11.3 Å². The number of aromatic nitrogens is 4. The van der Waals surface area contributed by atoms with Crippen molar-refractivity contribution in [1.82, 2.24) is 25.5 Å². The Morgan fingerprint density at radius 3 is 2.52 bits per heavy atom. The molecule has 2 heterocycles. The van der Waals surface area contributed by atoms with E-state index in [-0.39, 0.29) is 23.3 Å². The smallest absolute Gasteiger partial charge is 0.224 e. The number of carbonyl (C=O) groups excluding carboxylic acids is 1. The van der Waals surface area contributed by atoms with E-state index in [1.807, 2.05) is 31.2 Å². The molecule has 25 heavy (non-hydrogen) atoms. The lowest BCUT2D eigenvalue weighted by molar-refractivity contribution is -0.120. The molecule has 1 aromatic carbocycles. The van der Waals surface area contributed by atoms with Gasteiger partial charge in [0.1, 0.15) is 9.84 Å². The third-order valence-corrected chi connectivity index (χ3v) is 6.15. The quantitative estimate of drug-likeness (QED) is 0.827. The van der Waals surface area contributed by atoms with Gasteiger partial charge in [-0.25, -0.2) is 8.42 Å². The van der Waals surface area contributed by atoms with E-state index in [2.05, 4.69) is 20.8 Å². The van der Waals surface area contributed by atoms with E-state index in [0.29, 0.717) is 31.6 Å². The molecular weight excluding hydrogens is 342 g/mol. The molecule has 1 saturated heterocycles. The Morgan fingerprint density at radius 1 is 1.24 bits per heavy atom. The van der Waals surface area contributed by atoms with Crippen LogP contribution in [0.1, 0.15) is 24.2 Å². The minimum atomic E-state index is -2.86. The van der Waals surface area contributed by atoms with Crippen molar-refractivity contribution >= 4 is 15.7 Å². The van der Waals surface area contributed by atoms with E-state index in [1.54, 1.807) is 4.68 Å². The monoisotopic (exact) mass is 363 g/mol. The lowest BCUT2D eigenvalue weighted by Crippen LogP contribution is -2.34. The number of nitrogens with zero attached hydrogens (tertiary/aromatic N) is 4. The number of sulfone groups is 1. The predicted molar refractivity (Wildman–Crippen MR) is 92.0 cm³/mol. The van der Waals surface area contributed by atoms with E-state index >= 15 is 0 Å². The molecule has 9 heteroatoms. The first-order valence-electron chi connectivity index (χ1n) is 8.24. The highest BCUT2D eigenvalue weighted by Crippen LogP contribution is 2.18. The van der Waals surface area contributed by atoms with Crippen molar-refractivity contribution in [1.29, 1.82) is 0 Å². The van der Waals surface area contributed by atoms with Crippen molar-refractivity contribution < 1.29 is 13.2 Å². The summed E-state index contributed by atoms with van der Waals surface area (Å²) in [6.07, 6.45) is 1.55. The van der Waals surface area contributed by atoms with Gasteiger partial charge in [0, 0.05) is 6.54 Å². The molecule has 0 atom stereocenters. The van der Waals surface area contributed by atoms with Crippen molar-refractivity contribution in [3.8, 4) is 5.69 Å². The van der Waals surface area contributed by atoms with E-state index in [9.17, 15) is 13.2 Å². The number of aryl methyl sites for hydroxylation is 1. The van der Waals surface area contributed by atoms with Crippen LogP contribution in [0.3, 0.4) is 0 Å². The molecule has 1 N–H and O–H groups in total. The van der Waals surface area contributed by atoms with Gasteiger partial charge < -0.3 is 5.32 Å². The van der Waals surface area contributed by atoms with Gasteiger partial charge in [0.2, 0.25) is 5.91 Å². The van der Waals surface area contributed by atoms with Crippen LogP contribution in [0.5, 0.6) is 0 Å². The third kappa shape index (κ3) is 4.62. The van der Waals surface area contributed by atoms with Crippen LogP contribution in [-0.2, 0) is 21.1 Å². The zero-order valence-corrected chi connectivity index (χ0v) is 14.9. The predicted octanol–water partition coefficient (Wildman–Crippen LogP) is 0.454. The normalized spacial score (nSPS) is 17.3. The summed E-state index contributed by atoms with van der Waals surface area (Å²) in [4.78, 5) is 12.1. The molecule has 1 aromatic heterocycles. The van der Waals surface area contributed by atoms with Gasteiger partial charge in [-0.15, -0.1) is 5.10 Å². The highest BCUT2D eigenvalue weighted by Gasteiger charge is 2.23. The van der Waals surface area contributed by atoms with E-state index in [1.165, 1.54) is 0 Å². The fourth-order valence-corrected chi connectivity index (χ4v) is 4.46. The minimum Gasteiger partial charge on any atom is -0.356 e. The summed E-state index contributed by atoms with van der Waals surface area (Å²) in [6, 6.07) is 7.50. The first-order valence-corrected chi connectivity index (χ1v) is 10.1. The number of tetrazole rings is 1. The van der Waals surface area contributed by atoms with Crippen molar-refractivity contribution in [2.75, 3.05) is 18.1 Å². The maximum atomic E-state index is 12.1. The van der Waals surface area contributed by atoms with Gasteiger partial charge in [0.15, 0.2) is 5.82 Å². The van der Waals surface area contributed by atoms with Crippen molar-refractivity contribution in [2.24, 2.45) is 5.92 Å². The van der Waals surface area contributed by atoms with E-state index < -0.39 is 9.84 Å². The lowest BCUT2D eigenvalue weighted by atomic mass is 10.0. The Bertz CT molecular complexity index is 831. The summed E-state index contributed by atoms with van der Waals surface area (Å²) in [5.74, 6) is 1.34. The van der Waals surface area contributed by atoms with Crippen molar-refractivity contribution in [3.63, 3.8) is 0 Å². The maximum absolute atomic E-state index is 12.1. The Labute approximate surface area is 146 Å². The van der Waals surface area contributed by atoms with Crippen LogP contribution in [0.25, 0.3) is 5.69 Å². The number of amides is 1. The van der Waals surface area contributed by atoms with Gasteiger partial charge in [-0.05, 0) is 53.8 Å². The van der Waals surface area contributed by atoms with Crippen LogP contribution in [0.2, 0.25) is 0 Å². The molecule has 1 fully saturated rings. The topological polar surface area (TPSA) is 107 Å². The largest absolute Gasteiger partial charge is 0.356 e. The first kappa shape index (κ1) is 17.5. The molecule has 0 aliphatic carbocycles. The molecule has 1 aliphatic heterocycles. The molecule has 0 spiro atoms. The van der Waals surface area contributed by atoms with Crippen LogP contribution in [0.15, 0.2) is 24.3 Å². The molecule has 0 saturated carbocycles. The number of hydrogen-bond acceptors (Lipinski definition) is 6. The van der Waals surface area contributed by atoms with Crippen LogP contribution in [0.4, 0.5) is 0 Å². The molecule has 0 unspecified atom stereocenters. The highest BCUT2D eigenvalue weighted by atomic mass is 32.2. The van der Waals surface area contributed by atoms with Gasteiger partial charge in [-0.3, -0.25) is 4.79 Å². The van der Waals surface area contributed by atoms with Crippen molar-refractivity contribution in [2.45, 2.75) is 26.2 Å². The average Bonchev–Trinajstić information content (AvgIpc) is 3.01. The van der Waals surface area contributed by atoms with Gasteiger partial charge in [0.25, 0.3) is 0 Å². The summed E-state index contributed by atoms with van der Waals surface area (Å²) < 4.78 is 24.4. The third-order valence-electron chi connectivity index (χ3n) is 4.43. The number of rotatable bonds is 5. The summed E-state index contributed by atoms with van der Waals surface area (Å²) >= 11 is 0. The van der Waals surface area contributed by atoms with Crippen LogP contribution >= 0.6 is 0 Å². The summed E-state index contributed by atoms with van der Waals surface area (Å²) in [5.41, 5.74) is 1.74. The van der Waals surface area contributed by atoms with Crippen molar-refractivity contribution in [3.05, 3.63) is 35.7 Å². The molecule has 3 rings (SSSR count). The summed E-state index contributed by atoms with van der Waals surface area (Å²) in [7, 11) is -2.86. The second kappa shape index (κ2) is 7.30.